The number of thiophene rings is 1. The van der Waals surface area contributed by atoms with Crippen LogP contribution in [0.15, 0.2) is 16.8 Å². The summed E-state index contributed by atoms with van der Waals surface area (Å²) in [6.07, 6.45) is 0. The first-order valence-corrected chi connectivity index (χ1v) is 7.71. The third-order valence-corrected chi connectivity index (χ3v) is 4.28. The Morgan fingerprint density at radius 2 is 2.00 bits per heavy atom. The molecule has 1 atom stereocenters. The lowest BCUT2D eigenvalue weighted by molar-refractivity contribution is -0.158. The Morgan fingerprint density at radius 1 is 1.35 bits per heavy atom. The molecule has 1 saturated heterocycles. The van der Waals surface area contributed by atoms with E-state index in [1.54, 1.807) is 30.1 Å². The Bertz CT molecular complexity index is 514. The van der Waals surface area contributed by atoms with Gasteiger partial charge in [0.05, 0.1) is 0 Å². The summed E-state index contributed by atoms with van der Waals surface area (Å²) in [5.41, 5.74) is -0.0655. The molecule has 0 aliphatic carbocycles. The molecule has 2 amide bonds. The summed E-state index contributed by atoms with van der Waals surface area (Å²) in [4.78, 5) is 26.9. The van der Waals surface area contributed by atoms with Gasteiger partial charge >= 0.3 is 0 Å². The topological polar surface area (TPSA) is 49.4 Å². The first kappa shape index (κ1) is 15.0. The molecule has 0 spiro atoms. The van der Waals surface area contributed by atoms with Crippen LogP contribution in [-0.2, 0) is 16.1 Å². The van der Waals surface area contributed by atoms with Crippen molar-refractivity contribution in [2.24, 2.45) is 5.41 Å². The van der Waals surface area contributed by atoms with Crippen LogP contribution in [-0.4, -0.2) is 28.3 Å². The molecule has 20 heavy (non-hydrogen) atoms. The molecular formula is C15H22N2O2S. The maximum absolute atomic E-state index is 12.7. The van der Waals surface area contributed by atoms with Crippen LogP contribution in [0.25, 0.3) is 0 Å². The number of piperazine rings is 1. The average Bonchev–Trinajstić information content (AvgIpc) is 2.75. The summed E-state index contributed by atoms with van der Waals surface area (Å²) >= 11 is 1.60. The third kappa shape index (κ3) is 2.73. The van der Waals surface area contributed by atoms with Crippen LogP contribution < -0.4 is 5.32 Å². The molecule has 0 radical (unpaired) electrons. The molecule has 1 N–H and O–H groups in total. The molecule has 4 nitrogen and oxygen atoms in total. The van der Waals surface area contributed by atoms with E-state index in [-0.39, 0.29) is 17.2 Å². The monoisotopic (exact) mass is 294 g/mol. The van der Waals surface area contributed by atoms with Crippen molar-refractivity contribution < 1.29 is 9.59 Å². The minimum absolute atomic E-state index is 0.0248. The summed E-state index contributed by atoms with van der Waals surface area (Å²) in [5.74, 6) is -0.0967. The highest BCUT2D eigenvalue weighted by Crippen LogP contribution is 2.31. The van der Waals surface area contributed by atoms with Gasteiger partial charge in [-0.3, -0.25) is 9.59 Å². The second kappa shape index (κ2) is 4.88. The lowest BCUT2D eigenvalue weighted by atomic mass is 9.81. The van der Waals surface area contributed by atoms with Gasteiger partial charge < -0.3 is 10.2 Å². The van der Waals surface area contributed by atoms with E-state index >= 15 is 0 Å². The number of nitrogens with zero attached hydrogens (tertiary/aromatic N) is 1. The molecule has 0 bridgehead atoms. The van der Waals surface area contributed by atoms with E-state index in [1.807, 2.05) is 37.6 Å². The predicted molar refractivity (Wildman–Crippen MR) is 80.3 cm³/mol. The van der Waals surface area contributed by atoms with Crippen molar-refractivity contribution in [1.29, 1.82) is 0 Å². The minimum Gasteiger partial charge on any atom is -0.340 e. The van der Waals surface area contributed by atoms with Gasteiger partial charge in [-0.05, 0) is 41.7 Å². The van der Waals surface area contributed by atoms with E-state index < -0.39 is 11.6 Å². The fourth-order valence-corrected chi connectivity index (χ4v) is 3.31. The molecular weight excluding hydrogens is 272 g/mol. The quantitative estimate of drug-likeness (QED) is 0.910. The Kier molecular flexibility index (Phi) is 3.67. The van der Waals surface area contributed by atoms with E-state index in [2.05, 4.69) is 5.32 Å². The lowest BCUT2D eigenvalue weighted by Gasteiger charge is -2.47. The van der Waals surface area contributed by atoms with Gasteiger partial charge in [0, 0.05) is 6.54 Å². The molecule has 0 saturated carbocycles. The fraction of sp³-hybridized carbons (Fsp3) is 0.600. The van der Waals surface area contributed by atoms with Crippen molar-refractivity contribution >= 4 is 23.2 Å². The Hall–Kier alpha value is -1.36. The number of hydrogen-bond acceptors (Lipinski definition) is 3. The summed E-state index contributed by atoms with van der Waals surface area (Å²) in [7, 11) is 0. The van der Waals surface area contributed by atoms with Gasteiger partial charge in [0.1, 0.15) is 11.6 Å². The standard InChI is InChI=1S/C15H22N2O2S/c1-14(2,3)11-12(18)16-15(4,5)13(19)17(11)8-10-6-7-20-9-10/h6-7,9,11H,8H2,1-5H3,(H,16,18). The van der Waals surface area contributed by atoms with Crippen molar-refractivity contribution in [1.82, 2.24) is 10.2 Å². The van der Waals surface area contributed by atoms with Crippen molar-refractivity contribution in [3.8, 4) is 0 Å². The summed E-state index contributed by atoms with van der Waals surface area (Å²) in [6, 6.07) is 1.56. The zero-order valence-electron chi connectivity index (χ0n) is 12.7. The first-order chi connectivity index (χ1) is 9.13. The largest absolute Gasteiger partial charge is 0.340 e. The highest BCUT2D eigenvalue weighted by molar-refractivity contribution is 7.07. The van der Waals surface area contributed by atoms with Crippen molar-refractivity contribution in [2.75, 3.05) is 0 Å². The van der Waals surface area contributed by atoms with Gasteiger partial charge in [-0.15, -0.1) is 0 Å². The van der Waals surface area contributed by atoms with Crippen LogP contribution in [0, 0.1) is 5.41 Å². The molecule has 1 aliphatic heterocycles. The van der Waals surface area contributed by atoms with Crippen LogP contribution in [0.5, 0.6) is 0 Å². The number of amides is 2. The molecule has 1 aromatic rings. The van der Waals surface area contributed by atoms with E-state index in [4.69, 9.17) is 0 Å². The number of hydrogen-bond donors (Lipinski definition) is 1. The Balaban J connectivity index is 2.38. The van der Waals surface area contributed by atoms with E-state index in [1.165, 1.54) is 0 Å². The predicted octanol–water partition coefficient (Wildman–Crippen LogP) is 2.40. The molecule has 1 fully saturated rings. The zero-order valence-corrected chi connectivity index (χ0v) is 13.5. The number of rotatable bonds is 2. The van der Waals surface area contributed by atoms with Crippen LogP contribution in [0.1, 0.15) is 40.2 Å². The maximum atomic E-state index is 12.7. The SMILES string of the molecule is CC1(C)NC(=O)C(C(C)(C)C)N(Cc2ccsc2)C1=O. The first-order valence-electron chi connectivity index (χ1n) is 6.77. The second-order valence-electron chi connectivity index (χ2n) is 6.95. The summed E-state index contributed by atoms with van der Waals surface area (Å²) < 4.78 is 0. The van der Waals surface area contributed by atoms with E-state index in [0.29, 0.717) is 6.54 Å². The van der Waals surface area contributed by atoms with Crippen molar-refractivity contribution in [3.05, 3.63) is 22.4 Å². The van der Waals surface area contributed by atoms with Crippen molar-refractivity contribution in [2.45, 2.75) is 52.7 Å². The smallest absolute Gasteiger partial charge is 0.248 e. The highest BCUT2D eigenvalue weighted by atomic mass is 32.1. The minimum atomic E-state index is -0.838. The van der Waals surface area contributed by atoms with Gasteiger partial charge in [-0.2, -0.15) is 11.3 Å². The molecule has 110 valence electrons. The lowest BCUT2D eigenvalue weighted by Crippen LogP contribution is -2.70. The third-order valence-electron chi connectivity index (χ3n) is 3.54. The summed E-state index contributed by atoms with van der Waals surface area (Å²) in [6.45, 7) is 9.97. The van der Waals surface area contributed by atoms with Crippen LogP contribution in [0.3, 0.4) is 0 Å². The normalized spacial score (nSPS) is 22.9. The fourth-order valence-electron chi connectivity index (χ4n) is 2.65. The Labute approximate surface area is 124 Å². The molecule has 2 rings (SSSR count). The zero-order chi connectivity index (χ0) is 15.1. The molecule has 1 aromatic heterocycles. The molecule has 0 aromatic carbocycles. The molecule has 1 aliphatic rings. The highest BCUT2D eigenvalue weighted by Gasteiger charge is 2.49. The van der Waals surface area contributed by atoms with Crippen LogP contribution in [0.4, 0.5) is 0 Å². The average molecular weight is 294 g/mol. The number of carbonyl (C=O) groups excluding carboxylic acids is 2. The van der Waals surface area contributed by atoms with Crippen molar-refractivity contribution in [3.63, 3.8) is 0 Å². The Morgan fingerprint density at radius 3 is 2.50 bits per heavy atom. The molecule has 5 heteroatoms. The molecule has 2 heterocycles. The maximum Gasteiger partial charge on any atom is 0.248 e. The van der Waals surface area contributed by atoms with E-state index in [9.17, 15) is 9.59 Å². The van der Waals surface area contributed by atoms with Gasteiger partial charge in [-0.1, -0.05) is 20.8 Å². The summed E-state index contributed by atoms with van der Waals surface area (Å²) in [5, 5.41) is 6.85. The van der Waals surface area contributed by atoms with Crippen LogP contribution >= 0.6 is 11.3 Å². The van der Waals surface area contributed by atoms with Gasteiger partial charge in [-0.25, -0.2) is 0 Å². The number of nitrogens with one attached hydrogen (secondary N) is 1. The van der Waals surface area contributed by atoms with E-state index in [0.717, 1.165) is 5.56 Å². The number of carbonyl (C=O) groups is 2. The van der Waals surface area contributed by atoms with Gasteiger partial charge in [0.25, 0.3) is 0 Å². The van der Waals surface area contributed by atoms with Crippen LogP contribution in [0.2, 0.25) is 0 Å². The molecule has 1 unspecified atom stereocenters. The second-order valence-corrected chi connectivity index (χ2v) is 7.73. The van der Waals surface area contributed by atoms with Gasteiger partial charge in [0.15, 0.2) is 0 Å². The van der Waals surface area contributed by atoms with Gasteiger partial charge in [0.2, 0.25) is 11.8 Å².